The van der Waals surface area contributed by atoms with E-state index in [1.165, 1.54) is 11.3 Å². The number of nitrogens with zero attached hydrogens (tertiary/aromatic N) is 2. The maximum atomic E-state index is 13.7. The summed E-state index contributed by atoms with van der Waals surface area (Å²) < 4.78 is 5.39. The summed E-state index contributed by atoms with van der Waals surface area (Å²) in [5.74, 6) is 5.98. The molecule has 0 spiro atoms. The third-order valence-electron chi connectivity index (χ3n) is 7.15. The van der Waals surface area contributed by atoms with Crippen LogP contribution in [0.4, 0.5) is 15.5 Å². The van der Waals surface area contributed by atoms with Gasteiger partial charge in [-0.2, -0.15) is 0 Å². The third-order valence-corrected chi connectivity index (χ3v) is 8.63. The fraction of sp³-hybridized carbons (Fsp3) is 0.500. The summed E-state index contributed by atoms with van der Waals surface area (Å²) >= 11 is 1.37. The molecule has 2 aliphatic heterocycles. The molecule has 0 radical (unpaired) electrons. The van der Waals surface area contributed by atoms with Crippen molar-refractivity contribution < 1.29 is 19.1 Å². The van der Waals surface area contributed by atoms with Crippen LogP contribution in [0.2, 0.25) is 0 Å². The second-order valence-electron chi connectivity index (χ2n) is 11.7. The first-order valence-corrected chi connectivity index (χ1v) is 14.4. The number of thiophene rings is 1. The van der Waals surface area contributed by atoms with Crippen LogP contribution in [0.5, 0.6) is 0 Å². The van der Waals surface area contributed by atoms with E-state index in [-0.39, 0.29) is 17.2 Å². The lowest BCUT2D eigenvalue weighted by Gasteiger charge is -2.41. The maximum Gasteiger partial charge on any atom is 0.324 e. The Balaban J connectivity index is 1.51. The Bertz CT molecular complexity index is 1340. The molecule has 2 aliphatic rings. The van der Waals surface area contributed by atoms with Crippen LogP contribution >= 0.6 is 11.3 Å². The van der Waals surface area contributed by atoms with Crippen molar-refractivity contribution in [2.24, 2.45) is 0 Å². The van der Waals surface area contributed by atoms with E-state index < -0.39 is 11.6 Å². The number of ether oxygens (including phenoxy) is 1. The van der Waals surface area contributed by atoms with Crippen molar-refractivity contribution in [1.82, 2.24) is 15.1 Å². The van der Waals surface area contributed by atoms with Crippen LogP contribution in [0.3, 0.4) is 0 Å². The molecule has 1 aromatic carbocycles. The fourth-order valence-corrected chi connectivity index (χ4v) is 5.62. The predicted molar refractivity (Wildman–Crippen MR) is 159 cm³/mol. The van der Waals surface area contributed by atoms with Crippen molar-refractivity contribution in [3.63, 3.8) is 0 Å². The number of hydrogen-bond donors (Lipinski definition) is 3. The fourth-order valence-electron chi connectivity index (χ4n) is 4.52. The minimum atomic E-state index is -1.00. The summed E-state index contributed by atoms with van der Waals surface area (Å²) in [4.78, 5) is 44.1. The van der Waals surface area contributed by atoms with E-state index in [1.54, 1.807) is 18.7 Å². The van der Waals surface area contributed by atoms with Crippen LogP contribution in [-0.4, -0.2) is 79.1 Å². The van der Waals surface area contributed by atoms with Gasteiger partial charge in [-0.05, 0) is 49.9 Å². The van der Waals surface area contributed by atoms with Gasteiger partial charge < -0.3 is 20.3 Å². The standard InChI is InChI=1S/C30H39N5O4S/c1-20-9-10-22(18-21(20)8-7-12-34-14-16-39-17-15-34)32-28(38)33-25-23(19-24(40-25)29(2,3)4)26(36)35-13-11-31-27(37)30(35,5)6/h9-10,18-19H,11-17H2,1-6H3,(H,31,37)(H2,32,33,38). The zero-order valence-corrected chi connectivity index (χ0v) is 25.0. The molecule has 4 rings (SSSR count). The highest BCUT2D eigenvalue weighted by molar-refractivity contribution is 7.16. The quantitative estimate of drug-likeness (QED) is 0.486. The van der Waals surface area contributed by atoms with Gasteiger partial charge in [0.25, 0.3) is 5.91 Å². The number of morpholine rings is 1. The Hall–Kier alpha value is -3.39. The second-order valence-corrected chi connectivity index (χ2v) is 12.7. The Labute approximate surface area is 240 Å². The Morgan fingerprint density at radius 2 is 1.85 bits per heavy atom. The molecule has 3 N–H and O–H groups in total. The van der Waals surface area contributed by atoms with Crippen molar-refractivity contribution in [3.8, 4) is 11.8 Å². The van der Waals surface area contributed by atoms with Gasteiger partial charge >= 0.3 is 6.03 Å². The molecule has 2 aromatic rings. The van der Waals surface area contributed by atoms with Crippen LogP contribution in [0.25, 0.3) is 0 Å². The number of carbonyl (C=O) groups excluding carboxylic acids is 3. The summed E-state index contributed by atoms with van der Waals surface area (Å²) in [5.41, 5.74) is 1.63. The maximum absolute atomic E-state index is 13.7. The Kier molecular flexibility index (Phi) is 8.88. The number of amides is 4. The molecule has 0 bridgehead atoms. The first kappa shape index (κ1) is 29.6. The lowest BCUT2D eigenvalue weighted by Crippen LogP contribution is -2.63. The van der Waals surface area contributed by atoms with Gasteiger partial charge in [-0.25, -0.2) is 4.79 Å². The molecule has 40 heavy (non-hydrogen) atoms. The molecular formula is C30H39N5O4S. The number of rotatable bonds is 4. The molecule has 4 amide bonds. The van der Waals surface area contributed by atoms with Crippen LogP contribution in [0.1, 0.15) is 61.0 Å². The molecule has 3 heterocycles. The topological polar surface area (TPSA) is 103 Å². The number of hydrogen-bond acceptors (Lipinski definition) is 6. The van der Waals surface area contributed by atoms with Crippen molar-refractivity contribution in [1.29, 1.82) is 0 Å². The molecule has 1 aromatic heterocycles. The zero-order valence-electron chi connectivity index (χ0n) is 24.2. The second kappa shape index (κ2) is 12.0. The molecule has 0 aliphatic carbocycles. The van der Waals surface area contributed by atoms with E-state index in [4.69, 9.17) is 4.74 Å². The normalized spacial score (nSPS) is 17.4. The number of anilines is 2. The first-order chi connectivity index (χ1) is 18.9. The van der Waals surface area contributed by atoms with Crippen LogP contribution in [0, 0.1) is 18.8 Å². The minimum Gasteiger partial charge on any atom is -0.379 e. The molecule has 214 valence electrons. The monoisotopic (exact) mass is 565 g/mol. The van der Waals surface area contributed by atoms with E-state index in [0.29, 0.717) is 35.9 Å². The SMILES string of the molecule is Cc1ccc(NC(=O)Nc2sc(C(C)(C)C)cc2C(=O)N2CCNC(=O)C2(C)C)cc1C#CCN1CCOCC1. The molecule has 2 saturated heterocycles. The van der Waals surface area contributed by atoms with E-state index in [1.807, 2.05) is 31.2 Å². The minimum absolute atomic E-state index is 0.200. The van der Waals surface area contributed by atoms with Gasteiger partial charge in [0.1, 0.15) is 10.5 Å². The molecule has 10 heteroatoms. The summed E-state index contributed by atoms with van der Waals surface area (Å²) in [6.45, 7) is 16.3. The largest absolute Gasteiger partial charge is 0.379 e. The van der Waals surface area contributed by atoms with Gasteiger partial charge in [0, 0.05) is 42.3 Å². The van der Waals surface area contributed by atoms with Gasteiger partial charge in [0.2, 0.25) is 5.91 Å². The molecule has 0 unspecified atom stereocenters. The zero-order chi connectivity index (χ0) is 29.1. The van der Waals surface area contributed by atoms with Crippen molar-refractivity contribution >= 4 is 39.9 Å². The van der Waals surface area contributed by atoms with Gasteiger partial charge in [-0.15, -0.1) is 11.3 Å². The smallest absolute Gasteiger partial charge is 0.324 e. The number of benzene rings is 1. The van der Waals surface area contributed by atoms with Crippen LogP contribution in [0.15, 0.2) is 24.3 Å². The van der Waals surface area contributed by atoms with Crippen molar-refractivity contribution in [3.05, 3.63) is 45.8 Å². The number of piperazine rings is 1. The van der Waals surface area contributed by atoms with E-state index in [9.17, 15) is 14.4 Å². The lowest BCUT2D eigenvalue weighted by molar-refractivity contribution is -0.133. The molecule has 0 saturated carbocycles. The highest BCUT2D eigenvalue weighted by atomic mass is 32.1. The number of urea groups is 1. The summed E-state index contributed by atoms with van der Waals surface area (Å²) in [7, 11) is 0. The van der Waals surface area contributed by atoms with Gasteiger partial charge in [0.15, 0.2) is 0 Å². The Morgan fingerprint density at radius 3 is 2.55 bits per heavy atom. The van der Waals surface area contributed by atoms with Crippen molar-refractivity contribution in [2.75, 3.05) is 56.6 Å². The van der Waals surface area contributed by atoms with Gasteiger partial charge in [-0.1, -0.05) is 38.7 Å². The molecule has 9 nitrogen and oxygen atoms in total. The summed E-state index contributed by atoms with van der Waals surface area (Å²) in [6.07, 6.45) is 0. The molecule has 2 fully saturated rings. The summed E-state index contributed by atoms with van der Waals surface area (Å²) in [6, 6.07) is 6.99. The lowest BCUT2D eigenvalue weighted by atomic mass is 9.93. The van der Waals surface area contributed by atoms with E-state index in [0.717, 1.165) is 42.3 Å². The Morgan fingerprint density at radius 1 is 1.12 bits per heavy atom. The molecular weight excluding hydrogens is 526 g/mol. The van der Waals surface area contributed by atoms with Crippen molar-refractivity contribution in [2.45, 2.75) is 52.5 Å². The average molecular weight is 566 g/mol. The molecule has 0 atom stereocenters. The van der Waals surface area contributed by atoms with E-state index in [2.05, 4.69) is 53.5 Å². The summed E-state index contributed by atoms with van der Waals surface area (Å²) in [5, 5.41) is 9.06. The first-order valence-electron chi connectivity index (χ1n) is 13.6. The number of carbonyl (C=O) groups is 3. The number of aryl methyl sites for hydroxylation is 1. The predicted octanol–water partition coefficient (Wildman–Crippen LogP) is 4.03. The highest BCUT2D eigenvalue weighted by Crippen LogP contribution is 2.37. The van der Waals surface area contributed by atoms with Crippen LogP contribution < -0.4 is 16.0 Å². The average Bonchev–Trinajstić information content (AvgIpc) is 3.32. The highest BCUT2D eigenvalue weighted by Gasteiger charge is 2.42. The van der Waals surface area contributed by atoms with Gasteiger partial charge in [-0.3, -0.25) is 19.8 Å². The van der Waals surface area contributed by atoms with Crippen LogP contribution in [-0.2, 0) is 14.9 Å². The number of nitrogens with one attached hydrogen (secondary N) is 3. The van der Waals surface area contributed by atoms with Gasteiger partial charge in [0.05, 0.1) is 25.3 Å². The third kappa shape index (κ3) is 6.84. The van der Waals surface area contributed by atoms with E-state index >= 15 is 0 Å².